The van der Waals surface area contributed by atoms with Crippen LogP contribution in [-0.4, -0.2) is 65.9 Å². The van der Waals surface area contributed by atoms with Crippen molar-refractivity contribution in [1.82, 2.24) is 15.1 Å². The van der Waals surface area contributed by atoms with Crippen molar-refractivity contribution in [2.24, 2.45) is 11.7 Å². The standard InChI is InChI=1S/C29H40N4O2/c1-20(2)27(31-28(34)21(3)30)29(35)33-18-25(23-12-8-5-9-13-23)16-26(33)19-32-15-14-24(17-32)22-10-6-4-7-11-22/h4-13,20-21,24-27H,14-19,30H2,1-3H3,(H,31,34)/t21?,24-,25-,26-,27-/m0/s1. The largest absolute Gasteiger partial charge is 0.343 e. The van der Waals surface area contributed by atoms with E-state index < -0.39 is 12.1 Å². The summed E-state index contributed by atoms with van der Waals surface area (Å²) in [6.45, 7) is 9.23. The van der Waals surface area contributed by atoms with Gasteiger partial charge in [-0.3, -0.25) is 9.59 Å². The van der Waals surface area contributed by atoms with Gasteiger partial charge in [-0.25, -0.2) is 0 Å². The molecule has 0 aromatic heterocycles. The Hall–Kier alpha value is -2.70. The molecule has 2 amide bonds. The van der Waals surface area contributed by atoms with E-state index in [4.69, 9.17) is 5.73 Å². The smallest absolute Gasteiger partial charge is 0.245 e. The number of hydrogen-bond donors (Lipinski definition) is 2. The Morgan fingerprint density at radius 2 is 1.54 bits per heavy atom. The van der Waals surface area contributed by atoms with Crippen molar-refractivity contribution < 1.29 is 9.59 Å². The van der Waals surface area contributed by atoms with Crippen molar-refractivity contribution in [3.05, 3.63) is 71.8 Å². The zero-order valence-electron chi connectivity index (χ0n) is 21.3. The molecule has 0 bridgehead atoms. The van der Waals surface area contributed by atoms with Crippen LogP contribution in [0, 0.1) is 5.92 Å². The molecule has 2 heterocycles. The van der Waals surface area contributed by atoms with Gasteiger partial charge < -0.3 is 20.9 Å². The second-order valence-electron chi connectivity index (χ2n) is 10.7. The maximum atomic E-state index is 13.8. The van der Waals surface area contributed by atoms with Crippen LogP contribution in [-0.2, 0) is 9.59 Å². The van der Waals surface area contributed by atoms with Crippen LogP contribution >= 0.6 is 0 Å². The molecule has 6 heteroatoms. The first-order valence-corrected chi connectivity index (χ1v) is 13.0. The van der Waals surface area contributed by atoms with Gasteiger partial charge in [0.25, 0.3) is 0 Å². The number of hydrogen-bond acceptors (Lipinski definition) is 4. The minimum atomic E-state index is -0.644. The van der Waals surface area contributed by atoms with E-state index >= 15 is 0 Å². The predicted molar refractivity (Wildman–Crippen MR) is 140 cm³/mol. The number of amides is 2. The number of rotatable bonds is 8. The number of carbonyl (C=O) groups excluding carboxylic acids is 2. The second kappa shape index (κ2) is 11.4. The van der Waals surface area contributed by atoms with Gasteiger partial charge in [0.1, 0.15) is 6.04 Å². The lowest BCUT2D eigenvalue weighted by molar-refractivity contribution is -0.138. The average molecular weight is 477 g/mol. The Balaban J connectivity index is 1.51. The normalized spacial score (nSPS) is 24.5. The molecule has 2 aromatic rings. The minimum Gasteiger partial charge on any atom is -0.343 e. The number of likely N-dealkylation sites (tertiary alicyclic amines) is 2. The molecule has 3 N–H and O–H groups in total. The number of nitrogens with two attached hydrogens (primary N) is 1. The zero-order chi connectivity index (χ0) is 24.9. The summed E-state index contributed by atoms with van der Waals surface area (Å²) in [6, 6.07) is 20.1. The summed E-state index contributed by atoms with van der Waals surface area (Å²) in [6.07, 6.45) is 2.08. The van der Waals surface area contributed by atoms with Gasteiger partial charge in [0, 0.05) is 31.6 Å². The summed E-state index contributed by atoms with van der Waals surface area (Å²) >= 11 is 0. The lowest BCUT2D eigenvalue weighted by Gasteiger charge is -2.33. The molecule has 0 saturated carbocycles. The van der Waals surface area contributed by atoms with Gasteiger partial charge in [-0.15, -0.1) is 0 Å². The van der Waals surface area contributed by atoms with E-state index in [1.165, 1.54) is 11.1 Å². The van der Waals surface area contributed by atoms with Crippen LogP contribution in [0.2, 0.25) is 0 Å². The third kappa shape index (κ3) is 6.11. The molecule has 2 saturated heterocycles. The van der Waals surface area contributed by atoms with Crippen LogP contribution in [0.15, 0.2) is 60.7 Å². The molecular formula is C29H40N4O2. The first kappa shape index (κ1) is 25.4. The minimum absolute atomic E-state index is 0.0104. The van der Waals surface area contributed by atoms with Crippen molar-refractivity contribution in [1.29, 1.82) is 0 Å². The molecule has 0 aliphatic carbocycles. The Labute approximate surface area is 209 Å². The van der Waals surface area contributed by atoms with Gasteiger partial charge in [0.05, 0.1) is 6.04 Å². The summed E-state index contributed by atoms with van der Waals surface area (Å²) < 4.78 is 0. The molecule has 4 rings (SSSR count). The molecule has 2 fully saturated rings. The maximum absolute atomic E-state index is 13.8. The first-order chi connectivity index (χ1) is 16.8. The van der Waals surface area contributed by atoms with Crippen molar-refractivity contribution >= 4 is 11.8 Å². The van der Waals surface area contributed by atoms with E-state index in [9.17, 15) is 9.59 Å². The number of carbonyl (C=O) groups is 2. The Bertz CT molecular complexity index is 979. The van der Waals surface area contributed by atoms with Gasteiger partial charge in [-0.1, -0.05) is 74.5 Å². The molecule has 0 radical (unpaired) electrons. The summed E-state index contributed by atoms with van der Waals surface area (Å²) in [4.78, 5) is 30.8. The highest BCUT2D eigenvalue weighted by atomic mass is 16.2. The third-order valence-electron chi connectivity index (χ3n) is 7.62. The maximum Gasteiger partial charge on any atom is 0.245 e. The van der Waals surface area contributed by atoms with E-state index in [1.807, 2.05) is 24.8 Å². The lowest BCUT2D eigenvalue weighted by Crippen LogP contribution is -2.56. The van der Waals surface area contributed by atoms with Gasteiger partial charge in [0.2, 0.25) is 11.8 Å². The monoisotopic (exact) mass is 476 g/mol. The van der Waals surface area contributed by atoms with E-state index in [0.717, 1.165) is 32.5 Å². The van der Waals surface area contributed by atoms with Crippen LogP contribution in [0.25, 0.3) is 0 Å². The average Bonchev–Trinajstić information content (AvgIpc) is 3.50. The Kier molecular flexibility index (Phi) is 8.24. The van der Waals surface area contributed by atoms with Gasteiger partial charge in [-0.2, -0.15) is 0 Å². The van der Waals surface area contributed by atoms with Crippen LogP contribution in [0.4, 0.5) is 0 Å². The molecule has 0 spiro atoms. The van der Waals surface area contributed by atoms with Gasteiger partial charge in [-0.05, 0) is 49.3 Å². The molecular weight excluding hydrogens is 436 g/mol. The number of nitrogens with zero attached hydrogens (tertiary/aromatic N) is 2. The fourth-order valence-electron chi connectivity index (χ4n) is 5.60. The topological polar surface area (TPSA) is 78.7 Å². The summed E-state index contributed by atoms with van der Waals surface area (Å²) in [5, 5.41) is 2.92. The Morgan fingerprint density at radius 3 is 2.11 bits per heavy atom. The van der Waals surface area contributed by atoms with Gasteiger partial charge in [0.15, 0.2) is 0 Å². The summed E-state index contributed by atoms with van der Waals surface area (Å²) in [5.74, 6) is 0.555. The fraction of sp³-hybridized carbons (Fsp3) is 0.517. The van der Waals surface area contributed by atoms with Crippen molar-refractivity contribution in [3.63, 3.8) is 0 Å². The van der Waals surface area contributed by atoms with E-state index in [2.05, 4.69) is 64.8 Å². The van der Waals surface area contributed by atoms with Crippen molar-refractivity contribution in [3.8, 4) is 0 Å². The lowest BCUT2D eigenvalue weighted by atomic mass is 9.96. The zero-order valence-corrected chi connectivity index (χ0v) is 21.3. The molecule has 35 heavy (non-hydrogen) atoms. The predicted octanol–water partition coefficient (Wildman–Crippen LogP) is 3.35. The number of nitrogens with one attached hydrogen (secondary N) is 1. The summed E-state index contributed by atoms with van der Waals surface area (Å²) in [7, 11) is 0. The molecule has 5 atom stereocenters. The molecule has 6 nitrogen and oxygen atoms in total. The van der Waals surface area contributed by atoms with E-state index in [1.54, 1.807) is 6.92 Å². The van der Waals surface area contributed by atoms with Crippen LogP contribution in [0.3, 0.4) is 0 Å². The second-order valence-corrected chi connectivity index (χ2v) is 10.7. The van der Waals surface area contributed by atoms with Gasteiger partial charge >= 0.3 is 0 Å². The highest BCUT2D eigenvalue weighted by Crippen LogP contribution is 2.35. The summed E-state index contributed by atoms with van der Waals surface area (Å²) in [5.41, 5.74) is 8.46. The first-order valence-electron chi connectivity index (χ1n) is 13.0. The van der Waals surface area contributed by atoms with E-state index in [0.29, 0.717) is 18.4 Å². The SMILES string of the molecule is CC(N)C(=O)N[C@H](C(=O)N1C[C@@H](c2ccccc2)C[C@H]1CN1CC[C@H](c2ccccc2)C1)C(C)C. The highest BCUT2D eigenvalue weighted by molar-refractivity contribution is 5.90. The highest BCUT2D eigenvalue weighted by Gasteiger charge is 2.41. The van der Waals surface area contributed by atoms with E-state index in [-0.39, 0.29) is 23.8 Å². The molecule has 2 aliphatic heterocycles. The number of benzene rings is 2. The van der Waals surface area contributed by atoms with Crippen molar-refractivity contribution in [2.75, 3.05) is 26.2 Å². The fourth-order valence-corrected chi connectivity index (χ4v) is 5.60. The third-order valence-corrected chi connectivity index (χ3v) is 7.62. The Morgan fingerprint density at radius 1 is 0.943 bits per heavy atom. The molecule has 188 valence electrons. The van der Waals surface area contributed by atoms with Crippen molar-refractivity contribution in [2.45, 2.75) is 63.6 Å². The molecule has 1 unspecified atom stereocenters. The molecule has 2 aliphatic rings. The van der Waals surface area contributed by atoms with Crippen LogP contribution < -0.4 is 11.1 Å². The molecule has 2 aromatic carbocycles. The van der Waals surface area contributed by atoms with Crippen LogP contribution in [0.1, 0.15) is 56.6 Å². The van der Waals surface area contributed by atoms with Crippen LogP contribution in [0.5, 0.6) is 0 Å². The quantitative estimate of drug-likeness (QED) is 0.613.